The first kappa shape index (κ1) is 21.5. The van der Waals surface area contributed by atoms with Gasteiger partial charge in [-0.2, -0.15) is 0 Å². The molecule has 1 aromatic rings. The van der Waals surface area contributed by atoms with Crippen LogP contribution in [-0.2, 0) is 14.0 Å². The summed E-state index contributed by atoms with van der Waals surface area (Å²) in [5.74, 6) is 0.466. The molecule has 1 aliphatic heterocycles. The highest BCUT2D eigenvalue weighted by atomic mass is 16.7. The Kier molecular flexibility index (Phi) is 6.11. The fourth-order valence-electron chi connectivity index (χ4n) is 2.36. The number of alkyl carbamates (subject to hydrolysis) is 1. The Bertz CT molecular complexity index is 639. The first-order valence-electron chi connectivity index (χ1n) is 9.23. The Hall–Kier alpha value is -1.80. The maximum atomic E-state index is 11.7. The van der Waals surface area contributed by atoms with Crippen molar-refractivity contribution in [3.05, 3.63) is 18.3 Å². The first-order valence-corrected chi connectivity index (χ1v) is 9.23. The number of nitrogens with zero attached hydrogens (tertiary/aromatic N) is 1. The summed E-state index contributed by atoms with van der Waals surface area (Å²) in [5, 5.41) is 2.73. The van der Waals surface area contributed by atoms with Crippen molar-refractivity contribution in [2.75, 3.05) is 6.61 Å². The Balaban J connectivity index is 1.85. The van der Waals surface area contributed by atoms with Crippen molar-refractivity contribution in [3.8, 4) is 5.88 Å². The van der Waals surface area contributed by atoms with E-state index in [1.807, 2.05) is 61.5 Å². The van der Waals surface area contributed by atoms with Gasteiger partial charge in [-0.1, -0.05) is 6.07 Å². The van der Waals surface area contributed by atoms with E-state index in [9.17, 15) is 4.79 Å². The summed E-state index contributed by atoms with van der Waals surface area (Å²) in [6.07, 6.45) is 1.21. The lowest BCUT2D eigenvalue weighted by Crippen LogP contribution is -2.41. The third-order valence-electron chi connectivity index (χ3n) is 4.53. The molecule has 1 aromatic heterocycles. The number of rotatable bonds is 5. The number of hydrogen-bond acceptors (Lipinski definition) is 6. The molecular weight excluding hydrogens is 347 g/mol. The highest BCUT2D eigenvalue weighted by Gasteiger charge is 2.51. The molecule has 27 heavy (non-hydrogen) atoms. The van der Waals surface area contributed by atoms with E-state index >= 15 is 0 Å². The second-order valence-corrected chi connectivity index (χ2v) is 8.88. The van der Waals surface area contributed by atoms with Crippen molar-refractivity contribution in [1.29, 1.82) is 0 Å². The summed E-state index contributed by atoms with van der Waals surface area (Å²) in [7, 11) is -0.454. The van der Waals surface area contributed by atoms with Gasteiger partial charge in [-0.25, -0.2) is 9.78 Å². The number of nitrogens with one attached hydrogen (secondary N) is 1. The second kappa shape index (κ2) is 7.68. The summed E-state index contributed by atoms with van der Waals surface area (Å²) in [5.41, 5.74) is -0.484. The van der Waals surface area contributed by atoms with Crippen LogP contribution in [0.2, 0.25) is 0 Å². The van der Waals surface area contributed by atoms with Gasteiger partial charge in [-0.05, 0) is 61.5 Å². The minimum Gasteiger partial charge on any atom is -0.475 e. The Morgan fingerprint density at radius 2 is 1.81 bits per heavy atom. The van der Waals surface area contributed by atoms with Crippen LogP contribution in [0.25, 0.3) is 0 Å². The Morgan fingerprint density at radius 1 is 1.22 bits per heavy atom. The van der Waals surface area contributed by atoms with E-state index in [4.69, 9.17) is 18.8 Å². The van der Waals surface area contributed by atoms with Crippen LogP contribution in [0.1, 0.15) is 55.4 Å². The lowest BCUT2D eigenvalue weighted by atomic mass is 9.80. The summed E-state index contributed by atoms with van der Waals surface area (Å²) < 4.78 is 22.9. The first-order chi connectivity index (χ1) is 12.3. The van der Waals surface area contributed by atoms with Gasteiger partial charge in [0.1, 0.15) is 12.2 Å². The second-order valence-electron chi connectivity index (χ2n) is 8.88. The molecular formula is C19H31BN2O5. The third kappa shape index (κ3) is 5.84. The zero-order valence-corrected chi connectivity index (χ0v) is 17.6. The summed E-state index contributed by atoms with van der Waals surface area (Å²) in [4.78, 5) is 16.0. The number of carbonyl (C=O) groups excluding carboxylic acids is 1. The lowest BCUT2D eigenvalue weighted by molar-refractivity contribution is 0.00578. The number of amides is 1. The average molecular weight is 378 g/mol. The van der Waals surface area contributed by atoms with Crippen LogP contribution in [-0.4, -0.2) is 47.6 Å². The van der Waals surface area contributed by atoms with Crippen molar-refractivity contribution in [2.45, 2.75) is 78.2 Å². The van der Waals surface area contributed by atoms with Crippen LogP contribution >= 0.6 is 0 Å². The predicted octanol–water partition coefficient (Wildman–Crippen LogP) is 2.67. The maximum absolute atomic E-state index is 11.7. The van der Waals surface area contributed by atoms with Gasteiger partial charge in [0, 0.05) is 11.7 Å². The Morgan fingerprint density at radius 3 is 2.30 bits per heavy atom. The number of ether oxygens (including phenoxy) is 2. The predicted molar refractivity (Wildman–Crippen MR) is 104 cm³/mol. The van der Waals surface area contributed by atoms with E-state index in [-0.39, 0.29) is 12.6 Å². The number of carbonyl (C=O) groups is 1. The SMILES string of the molecule is C[C@@H](COc1ccc(B2OC(C)(C)C(C)(C)O2)cn1)NC(=O)OC(C)(C)C. The summed E-state index contributed by atoms with van der Waals surface area (Å²) >= 11 is 0. The summed E-state index contributed by atoms with van der Waals surface area (Å²) in [6.45, 7) is 15.6. The minimum absolute atomic E-state index is 0.218. The van der Waals surface area contributed by atoms with E-state index in [1.54, 1.807) is 12.3 Å². The lowest BCUT2D eigenvalue weighted by Gasteiger charge is -2.32. The molecule has 7 nitrogen and oxygen atoms in total. The molecule has 1 N–H and O–H groups in total. The van der Waals surface area contributed by atoms with Crippen LogP contribution in [0.4, 0.5) is 4.79 Å². The molecule has 0 aliphatic carbocycles. The van der Waals surface area contributed by atoms with Gasteiger partial charge in [0.2, 0.25) is 5.88 Å². The van der Waals surface area contributed by atoms with Crippen LogP contribution in [0.3, 0.4) is 0 Å². The molecule has 0 unspecified atom stereocenters. The maximum Gasteiger partial charge on any atom is 0.496 e. The fourth-order valence-corrected chi connectivity index (χ4v) is 2.36. The number of hydrogen-bond donors (Lipinski definition) is 1. The van der Waals surface area contributed by atoms with Crippen LogP contribution < -0.4 is 15.5 Å². The molecule has 1 amide bonds. The van der Waals surface area contributed by atoms with Crippen LogP contribution in [0, 0.1) is 0 Å². The van der Waals surface area contributed by atoms with E-state index in [2.05, 4.69) is 10.3 Å². The molecule has 1 fully saturated rings. The van der Waals surface area contributed by atoms with E-state index < -0.39 is 30.0 Å². The Labute approximate surface area is 162 Å². The quantitative estimate of drug-likeness (QED) is 0.794. The van der Waals surface area contributed by atoms with Gasteiger partial charge >= 0.3 is 13.2 Å². The monoisotopic (exact) mass is 378 g/mol. The van der Waals surface area contributed by atoms with Gasteiger partial charge in [-0.15, -0.1) is 0 Å². The van der Waals surface area contributed by atoms with Crippen molar-refractivity contribution in [1.82, 2.24) is 10.3 Å². The van der Waals surface area contributed by atoms with Crippen molar-refractivity contribution < 1.29 is 23.6 Å². The summed E-state index contributed by atoms with van der Waals surface area (Å²) in [6, 6.07) is 3.42. The molecule has 2 rings (SSSR count). The normalized spacial score (nSPS) is 19.5. The highest BCUT2D eigenvalue weighted by molar-refractivity contribution is 6.62. The van der Waals surface area contributed by atoms with Gasteiger partial charge in [-0.3, -0.25) is 0 Å². The highest BCUT2D eigenvalue weighted by Crippen LogP contribution is 2.36. The molecule has 0 spiro atoms. The van der Waals surface area contributed by atoms with Crippen LogP contribution in [0.5, 0.6) is 5.88 Å². The molecule has 1 atom stereocenters. The largest absolute Gasteiger partial charge is 0.496 e. The molecule has 2 heterocycles. The molecule has 0 aromatic carbocycles. The molecule has 1 aliphatic rings. The van der Waals surface area contributed by atoms with Crippen LogP contribution in [0.15, 0.2) is 18.3 Å². The van der Waals surface area contributed by atoms with Crippen molar-refractivity contribution in [2.24, 2.45) is 0 Å². The standard InChI is InChI=1S/C19H31BN2O5/c1-13(22-16(23)25-17(2,3)4)12-24-15-10-9-14(11-21-15)20-26-18(5,6)19(7,8)27-20/h9-11,13H,12H2,1-8H3,(H,22,23)/t13-/m0/s1. The molecule has 0 saturated carbocycles. The molecule has 1 saturated heterocycles. The van der Waals surface area contributed by atoms with Gasteiger partial charge in [0.15, 0.2) is 0 Å². The van der Waals surface area contributed by atoms with Gasteiger partial charge in [0.05, 0.1) is 17.2 Å². The van der Waals surface area contributed by atoms with Crippen molar-refractivity contribution >= 4 is 18.7 Å². The van der Waals surface area contributed by atoms with Gasteiger partial charge < -0.3 is 24.1 Å². The zero-order chi connectivity index (χ0) is 20.5. The minimum atomic E-state index is -0.532. The number of pyridine rings is 1. The smallest absolute Gasteiger partial charge is 0.475 e. The van der Waals surface area contributed by atoms with E-state index in [0.29, 0.717) is 5.88 Å². The number of aromatic nitrogens is 1. The van der Waals surface area contributed by atoms with E-state index in [0.717, 1.165) is 5.46 Å². The third-order valence-corrected chi connectivity index (χ3v) is 4.53. The topological polar surface area (TPSA) is 78.9 Å². The zero-order valence-electron chi connectivity index (χ0n) is 17.6. The fraction of sp³-hybridized carbons (Fsp3) is 0.684. The van der Waals surface area contributed by atoms with Crippen molar-refractivity contribution in [3.63, 3.8) is 0 Å². The average Bonchev–Trinajstić information content (AvgIpc) is 2.72. The molecule has 150 valence electrons. The van der Waals surface area contributed by atoms with Gasteiger partial charge in [0.25, 0.3) is 0 Å². The molecule has 8 heteroatoms. The van der Waals surface area contributed by atoms with E-state index in [1.165, 1.54) is 0 Å². The molecule has 0 radical (unpaired) electrons. The molecule has 0 bridgehead atoms.